The highest BCUT2D eigenvalue weighted by molar-refractivity contribution is 5.69. The quantitative estimate of drug-likeness (QED) is 0.186. The van der Waals surface area contributed by atoms with Crippen molar-refractivity contribution in [1.29, 1.82) is 0 Å². The molecule has 1 heterocycles. The Morgan fingerprint density at radius 1 is 0.844 bits per heavy atom. The highest BCUT2D eigenvalue weighted by atomic mass is 16.7. The highest BCUT2D eigenvalue weighted by Crippen LogP contribution is 2.22. The second-order valence-corrected chi connectivity index (χ2v) is 8.03. The molecular formula is C25H42O7. The molecule has 0 radical (unpaired) electrons. The largest absolute Gasteiger partial charge is 0.463 e. The van der Waals surface area contributed by atoms with Gasteiger partial charge in [-0.2, -0.15) is 0 Å². The van der Waals surface area contributed by atoms with Crippen LogP contribution >= 0.6 is 0 Å². The number of hydrogen-bond acceptors (Lipinski definition) is 7. The molecule has 0 saturated carbocycles. The summed E-state index contributed by atoms with van der Waals surface area (Å²) >= 11 is 0. The van der Waals surface area contributed by atoms with Gasteiger partial charge >= 0.3 is 5.97 Å². The van der Waals surface area contributed by atoms with Gasteiger partial charge in [0.2, 0.25) is 0 Å². The van der Waals surface area contributed by atoms with Crippen LogP contribution in [0, 0.1) is 0 Å². The highest BCUT2D eigenvalue weighted by Gasteiger charge is 2.44. The molecule has 0 amide bonds. The summed E-state index contributed by atoms with van der Waals surface area (Å²) in [7, 11) is 1.32. The normalized spacial score (nSPS) is 26.5. The van der Waals surface area contributed by atoms with E-state index in [2.05, 4.69) is 43.4 Å². The van der Waals surface area contributed by atoms with E-state index >= 15 is 0 Å². The van der Waals surface area contributed by atoms with Gasteiger partial charge in [0.1, 0.15) is 31.0 Å². The van der Waals surface area contributed by atoms with Gasteiger partial charge in [-0.3, -0.25) is 4.79 Å². The van der Waals surface area contributed by atoms with E-state index in [0.29, 0.717) is 6.42 Å². The smallest absolute Gasteiger partial charge is 0.305 e. The predicted octanol–water partition coefficient (Wildman–Crippen LogP) is 3.57. The summed E-state index contributed by atoms with van der Waals surface area (Å²) in [6, 6.07) is 0. The van der Waals surface area contributed by atoms with Gasteiger partial charge < -0.3 is 29.5 Å². The number of allylic oxidation sites excluding steroid dienone is 6. The van der Waals surface area contributed by atoms with Crippen LogP contribution in [0.5, 0.6) is 0 Å². The molecule has 5 atom stereocenters. The Bertz CT molecular complexity index is 571. The molecule has 0 unspecified atom stereocenters. The fourth-order valence-corrected chi connectivity index (χ4v) is 3.38. The lowest BCUT2D eigenvalue weighted by Gasteiger charge is -2.39. The maximum atomic E-state index is 11.9. The number of rotatable bonds is 16. The first-order valence-electron chi connectivity index (χ1n) is 11.8. The van der Waals surface area contributed by atoms with E-state index in [1.54, 1.807) is 0 Å². The Hall–Kier alpha value is -1.51. The van der Waals surface area contributed by atoms with Gasteiger partial charge in [-0.25, -0.2) is 0 Å². The van der Waals surface area contributed by atoms with E-state index in [1.165, 1.54) is 7.11 Å². The van der Waals surface area contributed by atoms with E-state index in [1.807, 2.05) is 0 Å². The van der Waals surface area contributed by atoms with Crippen LogP contribution in [0.1, 0.15) is 71.1 Å². The standard InChI is InChI=1S/C25H42O7/c1-3-4-5-6-7-8-9-10-11-12-13-14-15-16-17-18-21(26)31-19-20-22(27)23(28)24(29)25(30-2)32-20/h4-5,7-8,10-11,20,22-25,27-29H,3,6,9,12-19H2,1-2H3/b5-4?,8-7-,11-10-/t20-,22-,23+,24-,25+/m1/s1. The third kappa shape index (κ3) is 11.9. The zero-order valence-corrected chi connectivity index (χ0v) is 19.6. The molecule has 1 saturated heterocycles. The molecular weight excluding hydrogens is 412 g/mol. The topological polar surface area (TPSA) is 105 Å². The van der Waals surface area contributed by atoms with E-state index in [9.17, 15) is 20.1 Å². The first-order chi connectivity index (χ1) is 15.5. The molecule has 184 valence electrons. The first kappa shape index (κ1) is 28.5. The fraction of sp³-hybridized carbons (Fsp3) is 0.720. The Morgan fingerprint density at radius 2 is 1.47 bits per heavy atom. The molecule has 0 spiro atoms. The molecule has 0 aromatic carbocycles. The molecule has 7 nitrogen and oxygen atoms in total. The van der Waals surface area contributed by atoms with Crippen LogP contribution in [-0.2, 0) is 19.0 Å². The molecule has 32 heavy (non-hydrogen) atoms. The second-order valence-electron chi connectivity index (χ2n) is 8.03. The average molecular weight is 455 g/mol. The molecule has 1 rings (SSSR count). The van der Waals surface area contributed by atoms with Gasteiger partial charge in [0.05, 0.1) is 0 Å². The Balaban J connectivity index is 2.01. The Morgan fingerprint density at radius 3 is 2.16 bits per heavy atom. The maximum Gasteiger partial charge on any atom is 0.305 e. The minimum atomic E-state index is -1.42. The van der Waals surface area contributed by atoms with Crippen molar-refractivity contribution in [3.63, 3.8) is 0 Å². The third-order valence-electron chi connectivity index (χ3n) is 5.34. The van der Waals surface area contributed by atoms with Crippen molar-refractivity contribution in [3.05, 3.63) is 36.5 Å². The summed E-state index contributed by atoms with van der Waals surface area (Å²) in [5.41, 5.74) is 0. The number of methoxy groups -OCH3 is 1. The number of ether oxygens (including phenoxy) is 3. The number of hydrogen-bond donors (Lipinski definition) is 3. The van der Waals surface area contributed by atoms with E-state index in [0.717, 1.165) is 57.8 Å². The Labute approximate surface area is 192 Å². The lowest BCUT2D eigenvalue weighted by atomic mass is 9.99. The van der Waals surface area contributed by atoms with Crippen LogP contribution in [0.15, 0.2) is 36.5 Å². The lowest BCUT2D eigenvalue weighted by Crippen LogP contribution is -2.59. The zero-order chi connectivity index (χ0) is 23.6. The summed E-state index contributed by atoms with van der Waals surface area (Å²) in [5, 5.41) is 29.5. The molecule has 3 N–H and O–H groups in total. The molecule has 1 aliphatic heterocycles. The van der Waals surface area contributed by atoms with Crippen LogP contribution in [0.2, 0.25) is 0 Å². The molecule has 0 aromatic rings. The predicted molar refractivity (Wildman–Crippen MR) is 124 cm³/mol. The number of carbonyl (C=O) groups excluding carboxylic acids is 1. The van der Waals surface area contributed by atoms with E-state index in [4.69, 9.17) is 14.2 Å². The van der Waals surface area contributed by atoms with Crippen molar-refractivity contribution in [3.8, 4) is 0 Å². The summed E-state index contributed by atoms with van der Waals surface area (Å²) in [4.78, 5) is 11.9. The van der Waals surface area contributed by atoms with Crippen LogP contribution in [0.3, 0.4) is 0 Å². The molecule has 0 aromatic heterocycles. The van der Waals surface area contributed by atoms with Gasteiger partial charge in [-0.1, -0.05) is 62.6 Å². The molecule has 0 aliphatic carbocycles. The molecule has 1 fully saturated rings. The molecule has 7 heteroatoms. The average Bonchev–Trinajstić information content (AvgIpc) is 2.79. The number of aliphatic hydroxyl groups excluding tert-OH is 3. The van der Waals surface area contributed by atoms with Gasteiger partial charge in [0, 0.05) is 13.5 Å². The number of esters is 1. The Kier molecular flexibility index (Phi) is 16.0. The van der Waals surface area contributed by atoms with Crippen molar-refractivity contribution in [2.75, 3.05) is 13.7 Å². The SMILES string of the molecule is CCC=CC/C=C\C/C=C\CCCCCCCC(=O)OC[C@H]1O[C@H](OC)[C@H](O)[C@@H](O)[C@@H]1O. The van der Waals surface area contributed by atoms with E-state index in [-0.39, 0.29) is 12.6 Å². The van der Waals surface area contributed by atoms with Crippen molar-refractivity contribution in [2.24, 2.45) is 0 Å². The first-order valence-corrected chi connectivity index (χ1v) is 11.8. The van der Waals surface area contributed by atoms with Crippen LogP contribution < -0.4 is 0 Å². The van der Waals surface area contributed by atoms with Crippen LogP contribution in [0.4, 0.5) is 0 Å². The molecule has 1 aliphatic rings. The third-order valence-corrected chi connectivity index (χ3v) is 5.34. The number of aliphatic hydroxyl groups is 3. The maximum absolute atomic E-state index is 11.9. The summed E-state index contributed by atoms with van der Waals surface area (Å²) < 4.78 is 15.4. The van der Waals surface area contributed by atoms with Gasteiger partial charge in [-0.05, 0) is 38.5 Å². The van der Waals surface area contributed by atoms with E-state index < -0.39 is 30.7 Å². The zero-order valence-electron chi connectivity index (χ0n) is 19.6. The number of carbonyl (C=O) groups is 1. The van der Waals surface area contributed by atoms with Crippen molar-refractivity contribution in [2.45, 2.75) is 102 Å². The van der Waals surface area contributed by atoms with Crippen molar-refractivity contribution in [1.82, 2.24) is 0 Å². The van der Waals surface area contributed by atoms with Crippen molar-refractivity contribution < 1.29 is 34.3 Å². The minimum absolute atomic E-state index is 0.194. The lowest BCUT2D eigenvalue weighted by molar-refractivity contribution is -0.295. The van der Waals surface area contributed by atoms with Crippen molar-refractivity contribution >= 4 is 5.97 Å². The van der Waals surface area contributed by atoms with Gasteiger partial charge in [0.25, 0.3) is 0 Å². The summed E-state index contributed by atoms with van der Waals surface area (Å²) in [5.74, 6) is -0.364. The minimum Gasteiger partial charge on any atom is -0.463 e. The second kappa shape index (κ2) is 18.0. The number of unbranched alkanes of at least 4 members (excludes halogenated alkanes) is 5. The van der Waals surface area contributed by atoms with Crippen LogP contribution in [-0.4, -0.2) is 65.7 Å². The van der Waals surface area contributed by atoms with Crippen LogP contribution in [0.25, 0.3) is 0 Å². The summed E-state index contributed by atoms with van der Waals surface area (Å²) in [6.07, 6.45) is 16.6. The summed E-state index contributed by atoms with van der Waals surface area (Å²) in [6.45, 7) is 1.94. The van der Waals surface area contributed by atoms with Gasteiger partial charge in [0.15, 0.2) is 6.29 Å². The van der Waals surface area contributed by atoms with Gasteiger partial charge in [-0.15, -0.1) is 0 Å². The fourth-order valence-electron chi connectivity index (χ4n) is 3.38. The monoisotopic (exact) mass is 454 g/mol. The molecule has 0 bridgehead atoms.